The molecule has 1 amide bonds. The van der Waals surface area contributed by atoms with Gasteiger partial charge in [-0.25, -0.2) is 14.4 Å². The fraction of sp³-hybridized carbons (Fsp3) is 0.107. The first-order valence-electron chi connectivity index (χ1n) is 11.3. The maximum absolute atomic E-state index is 13.2. The minimum Gasteiger partial charge on any atom is -0.348 e. The highest BCUT2D eigenvalue weighted by molar-refractivity contribution is 7.98. The number of carbonyl (C=O) groups excluding carboxylic acids is 1. The number of thioether (sulfide) groups is 1. The van der Waals surface area contributed by atoms with Crippen molar-refractivity contribution in [1.82, 2.24) is 19.9 Å². The van der Waals surface area contributed by atoms with Crippen LogP contribution in [0.15, 0.2) is 102 Å². The zero-order valence-electron chi connectivity index (χ0n) is 18.9. The van der Waals surface area contributed by atoms with Crippen LogP contribution >= 0.6 is 11.8 Å². The number of halogens is 1. The third-order valence-corrected chi connectivity index (χ3v) is 6.65. The number of rotatable bonds is 8. The molecule has 5 nitrogen and oxygen atoms in total. The minimum absolute atomic E-state index is 0.106. The lowest BCUT2D eigenvalue weighted by Gasteiger charge is -2.10. The molecule has 0 spiro atoms. The maximum atomic E-state index is 13.2. The number of fused-ring (bicyclic) bond motifs is 1. The first-order valence-corrected chi connectivity index (χ1v) is 12.2. The van der Waals surface area contributed by atoms with Crippen molar-refractivity contribution in [1.29, 1.82) is 0 Å². The number of benzene rings is 3. The number of aromatic nitrogens is 3. The van der Waals surface area contributed by atoms with Crippen molar-refractivity contribution in [2.75, 3.05) is 0 Å². The topological polar surface area (TPSA) is 59.8 Å². The molecule has 2 heterocycles. The van der Waals surface area contributed by atoms with Crippen molar-refractivity contribution in [3.05, 3.63) is 125 Å². The van der Waals surface area contributed by atoms with E-state index in [2.05, 4.69) is 14.9 Å². The zero-order valence-corrected chi connectivity index (χ0v) is 19.7. The summed E-state index contributed by atoms with van der Waals surface area (Å²) in [5.74, 6) is 0.322. The van der Waals surface area contributed by atoms with Crippen LogP contribution in [0.5, 0.6) is 0 Å². The number of hydrogen-bond donors (Lipinski definition) is 1. The summed E-state index contributed by atoms with van der Waals surface area (Å²) in [6.07, 6.45) is 1.76. The second-order valence-electron chi connectivity index (χ2n) is 8.11. The van der Waals surface area contributed by atoms with Gasteiger partial charge >= 0.3 is 0 Å². The van der Waals surface area contributed by atoms with E-state index >= 15 is 0 Å². The molecule has 1 N–H and O–H groups in total. The van der Waals surface area contributed by atoms with Gasteiger partial charge in [0.25, 0.3) is 5.91 Å². The summed E-state index contributed by atoms with van der Waals surface area (Å²) in [6, 6.07) is 27.8. The average Bonchev–Trinajstić information content (AvgIpc) is 3.25. The number of nitrogens with zero attached hydrogens (tertiary/aromatic N) is 3. The zero-order chi connectivity index (χ0) is 24.0. The average molecular weight is 483 g/mol. The molecule has 0 saturated carbocycles. The molecule has 2 aromatic heterocycles. The molecular weight excluding hydrogens is 459 g/mol. The third-order valence-electron chi connectivity index (χ3n) is 5.60. The number of hydrogen-bond acceptors (Lipinski definition) is 4. The van der Waals surface area contributed by atoms with E-state index in [-0.39, 0.29) is 11.7 Å². The van der Waals surface area contributed by atoms with Crippen LogP contribution in [-0.4, -0.2) is 20.4 Å². The Morgan fingerprint density at radius 3 is 2.37 bits per heavy atom. The molecule has 5 aromatic rings. The smallest absolute Gasteiger partial charge is 0.251 e. The Kier molecular flexibility index (Phi) is 6.86. The Labute approximate surface area is 207 Å². The number of imidazole rings is 1. The van der Waals surface area contributed by atoms with Crippen LogP contribution in [0.25, 0.3) is 11.2 Å². The number of nitrogens with one attached hydrogen (secondary N) is 1. The molecule has 0 fully saturated rings. The molecule has 0 saturated heterocycles. The summed E-state index contributed by atoms with van der Waals surface area (Å²) < 4.78 is 15.3. The Bertz CT molecular complexity index is 1430. The molecule has 0 aliphatic carbocycles. The molecule has 7 heteroatoms. The summed E-state index contributed by atoms with van der Waals surface area (Å²) in [4.78, 5) is 21.9. The van der Waals surface area contributed by atoms with E-state index in [1.807, 2.05) is 66.7 Å². The van der Waals surface area contributed by atoms with Crippen LogP contribution in [0.1, 0.15) is 27.0 Å². The highest BCUT2D eigenvalue weighted by Gasteiger charge is 2.14. The van der Waals surface area contributed by atoms with Crippen molar-refractivity contribution < 1.29 is 9.18 Å². The number of carbonyl (C=O) groups is 1. The normalized spacial score (nSPS) is 11.0. The van der Waals surface area contributed by atoms with E-state index in [0.29, 0.717) is 24.4 Å². The van der Waals surface area contributed by atoms with Gasteiger partial charge in [-0.3, -0.25) is 9.36 Å². The second-order valence-corrected chi connectivity index (χ2v) is 9.05. The molecule has 0 radical (unpaired) electrons. The van der Waals surface area contributed by atoms with Gasteiger partial charge in [-0.1, -0.05) is 66.4 Å². The Morgan fingerprint density at radius 2 is 1.60 bits per heavy atom. The van der Waals surface area contributed by atoms with Gasteiger partial charge in [-0.05, 0) is 53.1 Å². The lowest BCUT2D eigenvalue weighted by molar-refractivity contribution is 0.0951. The minimum atomic E-state index is -0.243. The Hall–Kier alpha value is -3.97. The number of pyridine rings is 1. The van der Waals surface area contributed by atoms with Crippen molar-refractivity contribution >= 4 is 28.8 Å². The summed E-state index contributed by atoms with van der Waals surface area (Å²) in [5, 5.41) is 3.80. The van der Waals surface area contributed by atoms with Crippen molar-refractivity contribution in [2.45, 2.75) is 24.0 Å². The molecule has 5 rings (SSSR count). The molecule has 35 heavy (non-hydrogen) atoms. The SMILES string of the molecule is O=C(NCc1ccccc1)c1ccc(Cn2c(SCc3ccc(F)cc3)nc3cccnc32)cc1. The highest BCUT2D eigenvalue weighted by atomic mass is 32.2. The van der Waals surface area contributed by atoms with E-state index in [9.17, 15) is 9.18 Å². The second kappa shape index (κ2) is 10.5. The first kappa shape index (κ1) is 22.8. The summed E-state index contributed by atoms with van der Waals surface area (Å²) in [6.45, 7) is 1.06. The van der Waals surface area contributed by atoms with Gasteiger partial charge < -0.3 is 5.32 Å². The van der Waals surface area contributed by atoms with Gasteiger partial charge in [0.05, 0.1) is 6.54 Å². The van der Waals surface area contributed by atoms with Crippen LogP contribution in [0, 0.1) is 5.82 Å². The van der Waals surface area contributed by atoms with Crippen LogP contribution < -0.4 is 5.32 Å². The maximum Gasteiger partial charge on any atom is 0.251 e. The molecule has 0 aliphatic rings. The fourth-order valence-corrected chi connectivity index (χ4v) is 4.70. The van der Waals surface area contributed by atoms with Gasteiger partial charge in [0.15, 0.2) is 10.8 Å². The predicted molar refractivity (Wildman–Crippen MR) is 137 cm³/mol. The van der Waals surface area contributed by atoms with Crippen LogP contribution in [0.2, 0.25) is 0 Å². The molecule has 174 valence electrons. The predicted octanol–water partition coefficient (Wildman–Crippen LogP) is 5.84. The van der Waals surface area contributed by atoms with E-state index in [0.717, 1.165) is 33.0 Å². The van der Waals surface area contributed by atoms with E-state index in [1.165, 1.54) is 12.1 Å². The monoisotopic (exact) mass is 482 g/mol. The molecular formula is C28H23FN4OS. The van der Waals surface area contributed by atoms with E-state index in [4.69, 9.17) is 4.98 Å². The first-order chi connectivity index (χ1) is 17.2. The fourth-order valence-electron chi connectivity index (χ4n) is 3.74. The molecule has 0 bridgehead atoms. The Morgan fingerprint density at radius 1 is 0.857 bits per heavy atom. The van der Waals surface area contributed by atoms with Gasteiger partial charge in [0.2, 0.25) is 0 Å². The molecule has 3 aromatic carbocycles. The van der Waals surface area contributed by atoms with Crippen molar-refractivity contribution in [3.8, 4) is 0 Å². The van der Waals surface area contributed by atoms with Gasteiger partial charge in [0.1, 0.15) is 11.3 Å². The van der Waals surface area contributed by atoms with Gasteiger partial charge in [-0.2, -0.15) is 0 Å². The van der Waals surface area contributed by atoms with Crippen molar-refractivity contribution in [2.24, 2.45) is 0 Å². The van der Waals surface area contributed by atoms with E-state index < -0.39 is 0 Å². The summed E-state index contributed by atoms with van der Waals surface area (Å²) in [5.41, 5.74) is 5.36. The standard InChI is InChI=1S/C28H23FN4OS/c29-24-14-10-22(11-15-24)19-35-28-32-25-7-4-16-30-26(25)33(28)18-21-8-12-23(13-9-21)27(34)31-17-20-5-2-1-3-6-20/h1-16H,17-19H2,(H,31,34). The molecule has 0 aliphatic heterocycles. The van der Waals surface area contributed by atoms with Gasteiger partial charge in [-0.15, -0.1) is 0 Å². The van der Waals surface area contributed by atoms with Gasteiger partial charge in [0, 0.05) is 24.1 Å². The lowest BCUT2D eigenvalue weighted by atomic mass is 10.1. The molecule has 0 unspecified atom stereocenters. The summed E-state index contributed by atoms with van der Waals surface area (Å²) in [7, 11) is 0. The molecule has 0 atom stereocenters. The Balaban J connectivity index is 1.30. The quantitative estimate of drug-likeness (QED) is 0.282. The third kappa shape index (κ3) is 5.58. The highest BCUT2D eigenvalue weighted by Crippen LogP contribution is 2.27. The number of amides is 1. The van der Waals surface area contributed by atoms with E-state index in [1.54, 1.807) is 30.1 Å². The summed E-state index contributed by atoms with van der Waals surface area (Å²) >= 11 is 1.59. The van der Waals surface area contributed by atoms with Crippen LogP contribution in [0.3, 0.4) is 0 Å². The van der Waals surface area contributed by atoms with Crippen molar-refractivity contribution in [3.63, 3.8) is 0 Å². The lowest BCUT2D eigenvalue weighted by Crippen LogP contribution is -2.22. The largest absolute Gasteiger partial charge is 0.348 e. The van der Waals surface area contributed by atoms with Crippen LogP contribution in [0.4, 0.5) is 4.39 Å². The van der Waals surface area contributed by atoms with Crippen LogP contribution in [-0.2, 0) is 18.8 Å².